The van der Waals surface area contributed by atoms with E-state index in [9.17, 15) is 39.6 Å². The van der Waals surface area contributed by atoms with Crippen LogP contribution < -0.4 is 52.1 Å². The number of pyridine rings is 1. The number of hydrogen-bond acceptors (Lipinski definition) is 19. The minimum atomic E-state index is -3.69. The van der Waals surface area contributed by atoms with E-state index in [4.69, 9.17) is 43.2 Å². The number of fused-ring (bicyclic) bond motifs is 3. The van der Waals surface area contributed by atoms with Gasteiger partial charge >= 0.3 is 0 Å². The Hall–Kier alpha value is -10.9. The lowest BCUT2D eigenvalue weighted by molar-refractivity contribution is -0.119. The number of rotatable bonds is 14. The first-order valence-corrected chi connectivity index (χ1v) is 34.9. The molecule has 22 nitrogen and oxygen atoms in total. The summed E-state index contributed by atoms with van der Waals surface area (Å²) in [6.45, 7) is 5.20. The number of nitrogens with one attached hydrogen (secondary N) is 3. The molecule has 0 aliphatic carbocycles. The Balaban J connectivity index is 0.000000130. The highest BCUT2D eigenvalue weighted by molar-refractivity contribution is 7.91. The largest absolute Gasteiger partial charge is 0.488 e. The molecule has 1 aromatic heterocycles. The highest BCUT2D eigenvalue weighted by Gasteiger charge is 2.41. The lowest BCUT2D eigenvalue weighted by atomic mass is 9.93. The van der Waals surface area contributed by atoms with E-state index < -0.39 is 63.5 Å². The second-order valence-electron chi connectivity index (χ2n) is 23.1. The van der Waals surface area contributed by atoms with Gasteiger partial charge in [0.05, 0.1) is 24.8 Å². The number of ether oxygens (including phenoxy) is 8. The normalized spacial score (nSPS) is 20.8. The number of sulfonamides is 3. The Labute approximate surface area is 552 Å². The minimum Gasteiger partial charge on any atom is -0.488 e. The standard InChI is InChI=1S/C25H23NO5S.C23H17N3O6S.C23H19NO6S/c1-15-5-3-6-16(2)24(15)20-8-4-7-19-21(14-30-25(19)20)31-18-11-9-17(10-12-18)22-13-23(27)26-32(22,28)29;24-11-14-4-9-22(25-12-14)32-18-3-1-2-17-19(13-30-23(17)18)31-16-7-5-15(6-8-16)20-10-21(27)26-33(20,28)29;25-22-13-21(31(26,27)24-22)15-9-11-17(12-10-15)30-20-14-28-23-18(20)7-4-8-19(23)29-16-5-2-1-3-6-16/h3-12,21-22H,13-14H2,1-2H3,(H,26,27);1-9,12,19-20H,10,13H2,(H,26,27);1-12,20-21H,13-14H2,(H,24,25)/t21-,22?;19-,20?;20-,21?/m111/s1. The fourth-order valence-electron chi connectivity index (χ4n) is 12.0. The molecule has 3 saturated heterocycles. The summed E-state index contributed by atoms with van der Waals surface area (Å²) in [5.74, 6) is 4.45. The van der Waals surface area contributed by atoms with Gasteiger partial charge < -0.3 is 37.9 Å². The molecule has 0 radical (unpaired) electrons. The van der Waals surface area contributed by atoms with Crippen molar-refractivity contribution in [3.8, 4) is 74.8 Å². The number of amides is 3. The number of nitriles is 1. The molecular weight excluding hydrogens is 1290 g/mol. The van der Waals surface area contributed by atoms with E-state index in [1.165, 1.54) is 22.9 Å². The number of carbonyl (C=O) groups is 3. The first-order valence-electron chi connectivity index (χ1n) is 30.3. The van der Waals surface area contributed by atoms with Crippen molar-refractivity contribution < 1.29 is 77.5 Å². The summed E-state index contributed by atoms with van der Waals surface area (Å²) >= 11 is 0. The van der Waals surface area contributed by atoms with Gasteiger partial charge in [0.15, 0.2) is 41.3 Å². The first kappa shape index (κ1) is 63.8. The molecule has 3 fully saturated rings. The van der Waals surface area contributed by atoms with E-state index in [0.717, 1.165) is 28.0 Å². The van der Waals surface area contributed by atoms with E-state index in [1.807, 2.05) is 93.0 Å². The van der Waals surface area contributed by atoms with Crippen molar-refractivity contribution in [3.63, 3.8) is 0 Å². The highest BCUT2D eigenvalue weighted by Crippen LogP contribution is 2.47. The summed E-state index contributed by atoms with van der Waals surface area (Å²) in [6, 6.07) is 58.4. The van der Waals surface area contributed by atoms with E-state index in [1.54, 1.807) is 91.0 Å². The summed E-state index contributed by atoms with van der Waals surface area (Å²) in [6.07, 6.45) is 0.226. The second kappa shape index (κ2) is 26.5. The maximum atomic E-state index is 12.1. The summed E-state index contributed by atoms with van der Waals surface area (Å²) in [5, 5.41) is 6.26. The lowest BCUT2D eigenvalue weighted by Gasteiger charge is -2.15. The Morgan fingerprint density at radius 2 is 0.833 bits per heavy atom. The molecule has 3 amide bonds. The second-order valence-corrected chi connectivity index (χ2v) is 28.7. The van der Waals surface area contributed by atoms with Crippen LogP contribution in [0.1, 0.15) is 103 Å². The molecule has 3 N–H and O–H groups in total. The van der Waals surface area contributed by atoms with Gasteiger partial charge in [-0.2, -0.15) is 5.26 Å². The van der Waals surface area contributed by atoms with Gasteiger partial charge in [0.2, 0.25) is 53.7 Å². The third-order valence-electron chi connectivity index (χ3n) is 16.6. The molecule has 0 bridgehead atoms. The smallest absolute Gasteiger partial charge is 0.242 e. The van der Waals surface area contributed by atoms with Gasteiger partial charge in [0.1, 0.15) is 70.4 Å². The van der Waals surface area contributed by atoms with Crippen LogP contribution in [0, 0.1) is 25.2 Å². The maximum absolute atomic E-state index is 12.1. The molecule has 6 aliphatic heterocycles. The summed E-state index contributed by atoms with van der Waals surface area (Å²) in [7, 11) is -11.0. The van der Waals surface area contributed by atoms with Gasteiger partial charge in [0, 0.05) is 34.5 Å². The maximum Gasteiger partial charge on any atom is 0.242 e. The van der Waals surface area contributed by atoms with Gasteiger partial charge in [-0.15, -0.1) is 0 Å². The summed E-state index contributed by atoms with van der Waals surface area (Å²) in [4.78, 5) is 38.5. The van der Waals surface area contributed by atoms with Crippen molar-refractivity contribution in [1.82, 2.24) is 19.2 Å². The number of benzene rings is 8. The van der Waals surface area contributed by atoms with Crippen LogP contribution in [0.3, 0.4) is 0 Å². The molecular formula is C71H59N5O17S3. The Kier molecular flexibility index (Phi) is 17.6. The lowest BCUT2D eigenvalue weighted by Crippen LogP contribution is -2.21. The van der Waals surface area contributed by atoms with Crippen LogP contribution in [0.25, 0.3) is 11.1 Å². The molecule has 25 heteroatoms. The molecule has 6 aliphatic rings. The van der Waals surface area contributed by atoms with Crippen LogP contribution in [0.2, 0.25) is 0 Å². The number of para-hydroxylation sites is 4. The number of nitrogens with zero attached hydrogens (tertiary/aromatic N) is 2. The van der Waals surface area contributed by atoms with Crippen LogP contribution >= 0.6 is 0 Å². The van der Waals surface area contributed by atoms with E-state index >= 15 is 0 Å². The van der Waals surface area contributed by atoms with Crippen LogP contribution in [-0.2, 0) is 44.5 Å². The zero-order valence-corrected chi connectivity index (χ0v) is 53.7. The van der Waals surface area contributed by atoms with Gasteiger partial charge in [-0.05, 0) is 114 Å². The number of hydrogen-bond donors (Lipinski definition) is 3. The third-order valence-corrected chi connectivity index (χ3v) is 21.7. The van der Waals surface area contributed by atoms with Crippen LogP contribution in [0.5, 0.6) is 57.6 Å². The molecule has 3 unspecified atom stereocenters. The van der Waals surface area contributed by atoms with Crippen molar-refractivity contribution >= 4 is 47.8 Å². The van der Waals surface area contributed by atoms with E-state index in [0.29, 0.717) is 87.3 Å². The Morgan fingerprint density at radius 1 is 0.438 bits per heavy atom. The predicted octanol–water partition coefficient (Wildman–Crippen LogP) is 11.4. The van der Waals surface area contributed by atoms with Gasteiger partial charge in [-0.25, -0.2) is 30.2 Å². The minimum absolute atomic E-state index is 0.0620. The SMILES string of the molecule is Cc1cccc(C)c1-c1cccc2c1OC[C@H]2Oc1ccc(C2CC(=O)NS2(=O)=O)cc1.N#Cc1ccc(Oc2cccc3c2OC[C@H]3Oc2ccc(C3CC(=O)NS3(=O)=O)cc2)nc1.O=C1CC(c2ccc(O[C@@H]3COc4c(Oc5ccccc5)cccc43)cc2)S(=O)(=O)N1. The van der Waals surface area contributed by atoms with Crippen LogP contribution in [0.15, 0.2) is 194 Å². The van der Waals surface area contributed by atoms with Gasteiger partial charge in [0.25, 0.3) is 0 Å². The van der Waals surface area contributed by atoms with E-state index in [-0.39, 0.29) is 44.2 Å². The third kappa shape index (κ3) is 13.6. The molecule has 0 saturated carbocycles. The van der Waals surface area contributed by atoms with E-state index in [2.05, 4.69) is 43.1 Å². The fraction of sp³-hybridized carbons (Fsp3) is 0.197. The van der Waals surface area contributed by atoms with Crippen molar-refractivity contribution in [2.45, 2.75) is 67.2 Å². The van der Waals surface area contributed by atoms with Crippen molar-refractivity contribution in [2.75, 3.05) is 19.8 Å². The first-order chi connectivity index (χ1) is 46.2. The molecule has 7 heterocycles. The quantitative estimate of drug-likeness (QED) is 0.0911. The zero-order chi connectivity index (χ0) is 66.9. The molecule has 488 valence electrons. The summed E-state index contributed by atoms with van der Waals surface area (Å²) in [5.41, 5.74) is 9.36. The molecule has 6 atom stereocenters. The topological polar surface area (TPSA) is 300 Å². The summed E-state index contributed by atoms with van der Waals surface area (Å²) < 4.78 is 126. The fourth-order valence-corrected chi connectivity index (χ4v) is 16.3. The van der Waals surface area contributed by atoms with Crippen molar-refractivity contribution in [1.29, 1.82) is 5.26 Å². The average Bonchev–Trinajstić information content (AvgIpc) is 1.53. The molecule has 15 rings (SSSR count). The molecule has 96 heavy (non-hydrogen) atoms. The highest BCUT2D eigenvalue weighted by atomic mass is 32.2. The Bertz CT molecular complexity index is 4860. The molecule has 8 aromatic carbocycles. The monoisotopic (exact) mass is 1350 g/mol. The number of aryl methyl sites for hydroxylation is 2. The van der Waals surface area contributed by atoms with Gasteiger partial charge in [-0.3, -0.25) is 28.5 Å². The number of carbonyl (C=O) groups excluding carboxylic acids is 3. The average molecular weight is 1350 g/mol. The number of aromatic nitrogens is 1. The molecule has 9 aromatic rings. The van der Waals surface area contributed by atoms with Crippen LogP contribution in [-0.4, -0.2) is 67.8 Å². The zero-order valence-electron chi connectivity index (χ0n) is 51.2. The predicted molar refractivity (Wildman–Crippen MR) is 349 cm³/mol. The van der Waals surface area contributed by atoms with Gasteiger partial charge in [-0.1, -0.05) is 115 Å². The Morgan fingerprint density at radius 3 is 1.23 bits per heavy atom. The van der Waals surface area contributed by atoms with Crippen molar-refractivity contribution in [3.05, 3.63) is 244 Å². The van der Waals surface area contributed by atoms with Crippen molar-refractivity contribution in [2.24, 2.45) is 0 Å². The van der Waals surface area contributed by atoms with Crippen LogP contribution in [0.4, 0.5) is 0 Å². The molecule has 0 spiro atoms.